The zero-order chi connectivity index (χ0) is 18.8. The van der Waals surface area contributed by atoms with Crippen LogP contribution in [0.15, 0.2) is 34.3 Å². The molecular weight excluding hydrogens is 366 g/mol. The lowest BCUT2D eigenvalue weighted by atomic mass is 9.92. The topological polar surface area (TPSA) is 60.2 Å². The van der Waals surface area contributed by atoms with Crippen molar-refractivity contribution in [3.63, 3.8) is 0 Å². The third-order valence-electron chi connectivity index (χ3n) is 4.38. The summed E-state index contributed by atoms with van der Waals surface area (Å²) in [4.78, 5) is 16.5. The van der Waals surface area contributed by atoms with Gasteiger partial charge in [-0.3, -0.25) is 9.00 Å². The molecule has 1 atom stereocenters. The van der Waals surface area contributed by atoms with Crippen molar-refractivity contribution < 1.29 is 13.4 Å². The van der Waals surface area contributed by atoms with Crippen LogP contribution in [-0.4, -0.2) is 15.0 Å². The maximum atomic E-state index is 12.7. The van der Waals surface area contributed by atoms with Crippen molar-refractivity contribution in [2.24, 2.45) is 0 Å². The largest absolute Gasteiger partial charge is 0.462 e. The van der Waals surface area contributed by atoms with Crippen LogP contribution < -0.4 is 0 Å². The molecule has 6 heteroatoms. The van der Waals surface area contributed by atoms with E-state index in [1.165, 1.54) is 11.3 Å². The maximum absolute atomic E-state index is 12.7. The second-order valence-electron chi connectivity index (χ2n) is 6.39. The van der Waals surface area contributed by atoms with E-state index >= 15 is 0 Å². The van der Waals surface area contributed by atoms with Gasteiger partial charge in [0.2, 0.25) is 0 Å². The average Bonchev–Trinajstić information content (AvgIpc) is 3.21. The van der Waals surface area contributed by atoms with E-state index in [-0.39, 0.29) is 5.78 Å². The molecule has 1 unspecified atom stereocenters. The second kappa shape index (κ2) is 7.68. The Hall–Kier alpha value is -2.05. The number of hydrogen-bond acceptors (Lipinski definition) is 5. The summed E-state index contributed by atoms with van der Waals surface area (Å²) in [7, 11) is -1.10. The third kappa shape index (κ3) is 3.86. The molecule has 4 nitrogen and oxygen atoms in total. The van der Waals surface area contributed by atoms with Crippen molar-refractivity contribution >= 4 is 27.9 Å². The number of Topliss-reactive ketones (excluding diaryl/α,β-unsaturated/α-hetero) is 1. The molecule has 0 aliphatic rings. The van der Waals surface area contributed by atoms with Gasteiger partial charge in [0.1, 0.15) is 0 Å². The average molecular weight is 388 g/mol. The smallest absolute Gasteiger partial charge is 0.162 e. The Morgan fingerprint density at radius 3 is 2.65 bits per heavy atom. The zero-order valence-electron chi connectivity index (χ0n) is 15.3. The Bertz CT molecular complexity index is 971. The molecule has 0 saturated carbocycles. The molecule has 0 saturated heterocycles. The van der Waals surface area contributed by atoms with Crippen LogP contribution in [0, 0.1) is 20.8 Å². The molecular formula is C20H21NO3S2. The first-order valence-electron chi connectivity index (χ1n) is 8.30. The minimum absolute atomic E-state index is 0.0506. The Kier molecular flexibility index (Phi) is 5.53. The summed E-state index contributed by atoms with van der Waals surface area (Å²) in [6, 6.07) is 5.69. The Morgan fingerprint density at radius 2 is 2.00 bits per heavy atom. The monoisotopic (exact) mass is 387 g/mol. The van der Waals surface area contributed by atoms with Gasteiger partial charge >= 0.3 is 0 Å². The number of carbonyl (C=O) groups is 1. The van der Waals surface area contributed by atoms with E-state index in [0.29, 0.717) is 11.5 Å². The fraction of sp³-hybridized carbons (Fsp3) is 0.300. The van der Waals surface area contributed by atoms with Gasteiger partial charge < -0.3 is 4.42 Å². The summed E-state index contributed by atoms with van der Waals surface area (Å²) in [6.45, 7) is 7.48. The van der Waals surface area contributed by atoms with Gasteiger partial charge in [0.15, 0.2) is 16.6 Å². The normalized spacial score (nSPS) is 12.3. The van der Waals surface area contributed by atoms with Crippen LogP contribution in [0.2, 0.25) is 0 Å². The minimum Gasteiger partial charge on any atom is -0.462 e. The van der Waals surface area contributed by atoms with Crippen molar-refractivity contribution in [3.8, 4) is 10.8 Å². The number of thiazole rings is 1. The molecule has 2 aromatic heterocycles. The molecule has 0 aliphatic heterocycles. The van der Waals surface area contributed by atoms with Crippen LogP contribution in [0.1, 0.15) is 45.2 Å². The van der Waals surface area contributed by atoms with Crippen molar-refractivity contribution in [2.75, 3.05) is 0 Å². The summed E-state index contributed by atoms with van der Waals surface area (Å²) in [5.74, 6) is 1.59. The van der Waals surface area contributed by atoms with Crippen LogP contribution in [-0.2, 0) is 22.3 Å². The van der Waals surface area contributed by atoms with Gasteiger partial charge in [0, 0.05) is 27.5 Å². The predicted molar refractivity (Wildman–Crippen MR) is 106 cm³/mol. The van der Waals surface area contributed by atoms with E-state index in [9.17, 15) is 9.00 Å². The lowest BCUT2D eigenvalue weighted by Crippen LogP contribution is -2.09. The van der Waals surface area contributed by atoms with Gasteiger partial charge in [0.05, 0.1) is 17.7 Å². The highest BCUT2D eigenvalue weighted by atomic mass is 32.2. The summed E-state index contributed by atoms with van der Waals surface area (Å²) in [5, 5.41) is 2.72. The zero-order valence-corrected chi connectivity index (χ0v) is 16.9. The lowest BCUT2D eigenvalue weighted by Gasteiger charge is -2.15. The maximum Gasteiger partial charge on any atom is 0.162 e. The number of benzene rings is 1. The first-order valence-corrected chi connectivity index (χ1v) is 10.7. The highest BCUT2D eigenvalue weighted by Crippen LogP contribution is 2.27. The van der Waals surface area contributed by atoms with Crippen LogP contribution in [0.25, 0.3) is 10.8 Å². The molecule has 0 aliphatic carbocycles. The molecule has 3 rings (SSSR count). The number of nitrogens with zero attached hydrogens (tertiary/aromatic N) is 1. The Balaban J connectivity index is 1.79. The number of aromatic nitrogens is 1. The number of hydrogen-bond donors (Lipinski definition) is 0. The van der Waals surface area contributed by atoms with Crippen LogP contribution in [0.5, 0.6) is 0 Å². The van der Waals surface area contributed by atoms with E-state index in [1.807, 2.05) is 44.4 Å². The number of ketones is 1. The Labute approximate surface area is 159 Å². The quantitative estimate of drug-likeness (QED) is 0.560. The number of carbonyl (C=O) groups excluding carboxylic acids is 1. The number of rotatable bonds is 6. The van der Waals surface area contributed by atoms with E-state index in [0.717, 1.165) is 44.3 Å². The molecule has 3 aromatic rings. The van der Waals surface area contributed by atoms with Gasteiger partial charge in [0.25, 0.3) is 0 Å². The molecule has 0 N–H and O–H groups in total. The fourth-order valence-electron chi connectivity index (χ4n) is 3.25. The minimum atomic E-state index is -1.10. The predicted octanol–water partition coefficient (Wildman–Crippen LogP) is 4.98. The van der Waals surface area contributed by atoms with Crippen LogP contribution in [0.4, 0.5) is 0 Å². The van der Waals surface area contributed by atoms with E-state index in [4.69, 9.17) is 4.42 Å². The standard InChI is InChI=1S/C20H21NO3S2/c1-12-8-13(2)19(15(4)22)14(3)17(12)11-26(23)10-16-9-25-20(21-16)18-6-5-7-24-18/h5-9H,10-11H2,1-4H3. The second-order valence-corrected chi connectivity index (χ2v) is 8.71. The van der Waals surface area contributed by atoms with E-state index in [2.05, 4.69) is 4.98 Å². The summed E-state index contributed by atoms with van der Waals surface area (Å²) >= 11 is 1.49. The first-order chi connectivity index (χ1) is 12.4. The molecule has 0 bridgehead atoms. The molecule has 0 fully saturated rings. The lowest BCUT2D eigenvalue weighted by molar-refractivity contribution is 0.101. The molecule has 0 radical (unpaired) electrons. The molecule has 0 amide bonds. The first kappa shape index (κ1) is 18.7. The highest BCUT2D eigenvalue weighted by molar-refractivity contribution is 7.83. The van der Waals surface area contributed by atoms with Crippen LogP contribution >= 0.6 is 11.3 Å². The van der Waals surface area contributed by atoms with E-state index < -0.39 is 10.8 Å². The Morgan fingerprint density at radius 1 is 1.23 bits per heavy atom. The molecule has 26 heavy (non-hydrogen) atoms. The van der Waals surface area contributed by atoms with Gasteiger partial charge in [-0.15, -0.1) is 11.3 Å². The van der Waals surface area contributed by atoms with Gasteiger partial charge in [-0.2, -0.15) is 0 Å². The van der Waals surface area contributed by atoms with Crippen molar-refractivity contribution in [3.05, 3.63) is 63.4 Å². The molecule has 1 aromatic carbocycles. The van der Waals surface area contributed by atoms with Gasteiger partial charge in [-0.05, 0) is 62.1 Å². The van der Waals surface area contributed by atoms with Crippen molar-refractivity contribution in [1.82, 2.24) is 4.98 Å². The van der Waals surface area contributed by atoms with E-state index in [1.54, 1.807) is 13.2 Å². The SMILES string of the molecule is CC(=O)c1c(C)cc(C)c(CS(=O)Cc2csc(-c3ccco3)n2)c1C. The molecule has 0 spiro atoms. The highest BCUT2D eigenvalue weighted by Gasteiger charge is 2.17. The third-order valence-corrected chi connectivity index (χ3v) is 6.52. The molecule has 2 heterocycles. The van der Waals surface area contributed by atoms with Gasteiger partial charge in [-0.25, -0.2) is 4.98 Å². The number of aryl methyl sites for hydroxylation is 2. The van der Waals surface area contributed by atoms with Crippen molar-refractivity contribution in [1.29, 1.82) is 0 Å². The summed E-state index contributed by atoms with van der Waals surface area (Å²) < 4.78 is 18.1. The van der Waals surface area contributed by atoms with Crippen molar-refractivity contribution in [2.45, 2.75) is 39.2 Å². The summed E-state index contributed by atoms with van der Waals surface area (Å²) in [5.41, 5.74) is 5.54. The van der Waals surface area contributed by atoms with Crippen LogP contribution in [0.3, 0.4) is 0 Å². The number of furan rings is 1. The fourth-order valence-corrected chi connectivity index (χ4v) is 5.49. The molecule has 136 valence electrons. The summed E-state index contributed by atoms with van der Waals surface area (Å²) in [6.07, 6.45) is 1.62. The van der Waals surface area contributed by atoms with Gasteiger partial charge in [-0.1, -0.05) is 6.07 Å².